The second-order valence-corrected chi connectivity index (χ2v) is 9.26. The number of alkyl halides is 3. The Hall–Kier alpha value is -2.09. The van der Waals surface area contributed by atoms with Crippen LogP contribution in [0.5, 0.6) is 0 Å². The maximum atomic E-state index is 13.7. The third-order valence-electron chi connectivity index (χ3n) is 7.05. The van der Waals surface area contributed by atoms with Crippen molar-refractivity contribution in [3.05, 3.63) is 41.3 Å². The van der Waals surface area contributed by atoms with E-state index >= 15 is 0 Å². The molecule has 1 aromatic carbocycles. The summed E-state index contributed by atoms with van der Waals surface area (Å²) >= 11 is 1.48. The van der Waals surface area contributed by atoms with Crippen molar-refractivity contribution >= 4 is 27.3 Å². The number of nitrogens with zero attached hydrogens (tertiary/aromatic N) is 3. The second-order valence-electron chi connectivity index (χ2n) is 8.43. The third kappa shape index (κ3) is 2.18. The SMILES string of the molecule is Cn1cc([C@@H]2Nc3ccc4sncc4c3[C@H]3C4CCC(C4)[C@@H]23)c(C(F)(F)F)n1. The number of aromatic nitrogens is 3. The summed E-state index contributed by atoms with van der Waals surface area (Å²) in [5.41, 5.74) is 1.77. The molecule has 2 aliphatic carbocycles. The maximum absolute atomic E-state index is 13.7. The van der Waals surface area contributed by atoms with Crippen molar-refractivity contribution in [2.45, 2.75) is 37.4 Å². The van der Waals surface area contributed by atoms with Crippen LogP contribution in [0.3, 0.4) is 0 Å². The predicted octanol–water partition coefficient (Wildman–Crippen LogP) is 5.35. The van der Waals surface area contributed by atoms with Gasteiger partial charge in [0.05, 0.1) is 10.7 Å². The van der Waals surface area contributed by atoms with Gasteiger partial charge in [0.1, 0.15) is 0 Å². The molecule has 2 fully saturated rings. The number of nitrogens with one attached hydrogen (secondary N) is 1. The molecule has 2 bridgehead atoms. The number of rotatable bonds is 1. The van der Waals surface area contributed by atoms with Crippen molar-refractivity contribution in [2.75, 3.05) is 5.32 Å². The Morgan fingerprint density at radius 3 is 2.86 bits per heavy atom. The summed E-state index contributed by atoms with van der Waals surface area (Å²) in [7, 11) is 1.56. The monoisotopic (exact) mass is 404 g/mol. The Morgan fingerprint density at radius 2 is 2.04 bits per heavy atom. The number of benzene rings is 1. The first-order valence-electron chi connectivity index (χ1n) is 9.66. The fraction of sp³-hybridized carbons (Fsp3) is 0.500. The fourth-order valence-electron chi connectivity index (χ4n) is 6.20. The van der Waals surface area contributed by atoms with Gasteiger partial charge < -0.3 is 5.32 Å². The van der Waals surface area contributed by atoms with Crippen LogP contribution in [0.15, 0.2) is 24.5 Å². The summed E-state index contributed by atoms with van der Waals surface area (Å²) in [4.78, 5) is 0. The Labute approximate surface area is 163 Å². The van der Waals surface area contributed by atoms with Crippen molar-refractivity contribution < 1.29 is 13.2 Å². The predicted molar refractivity (Wildman–Crippen MR) is 101 cm³/mol. The highest BCUT2D eigenvalue weighted by Crippen LogP contribution is 2.65. The van der Waals surface area contributed by atoms with Gasteiger partial charge in [0.25, 0.3) is 0 Å². The molecule has 3 aromatic rings. The molecule has 3 heterocycles. The zero-order valence-corrected chi connectivity index (χ0v) is 16.0. The van der Waals surface area contributed by atoms with Crippen molar-refractivity contribution in [1.29, 1.82) is 0 Å². The molecule has 0 saturated heterocycles. The van der Waals surface area contributed by atoms with E-state index in [0.717, 1.165) is 23.2 Å². The summed E-state index contributed by atoms with van der Waals surface area (Å²) in [5.74, 6) is 1.47. The highest BCUT2D eigenvalue weighted by atomic mass is 32.1. The number of hydrogen-bond donors (Lipinski definition) is 1. The standard InChI is InChI=1S/C20H19F3N4S/c1-27-8-12(19(26-27)20(21,22)23)18-16-10-3-2-9(6-10)15(16)17-11-7-24-28-14(11)5-4-13(17)25-18/h4-5,7-10,15-16,18,25H,2-3,6H2,1H3/t9?,10?,15-,16+,18-/m0/s1. The van der Waals surface area contributed by atoms with Crippen LogP contribution >= 0.6 is 11.5 Å². The maximum Gasteiger partial charge on any atom is 0.435 e. The molecule has 4 nitrogen and oxygen atoms in total. The quantitative estimate of drug-likeness (QED) is 0.595. The van der Waals surface area contributed by atoms with E-state index in [-0.39, 0.29) is 17.5 Å². The molecule has 1 N–H and O–H groups in total. The lowest BCUT2D eigenvalue weighted by Gasteiger charge is -2.43. The highest BCUT2D eigenvalue weighted by molar-refractivity contribution is 7.13. The zero-order valence-electron chi connectivity index (χ0n) is 15.2. The van der Waals surface area contributed by atoms with Crippen molar-refractivity contribution in [1.82, 2.24) is 14.2 Å². The van der Waals surface area contributed by atoms with Crippen molar-refractivity contribution in [3.63, 3.8) is 0 Å². The lowest BCUT2D eigenvalue weighted by atomic mass is 9.67. The van der Waals surface area contributed by atoms with Crippen LogP contribution in [-0.4, -0.2) is 14.2 Å². The average molecular weight is 404 g/mol. The minimum absolute atomic E-state index is 0.169. The smallest absolute Gasteiger partial charge is 0.378 e. The van der Waals surface area contributed by atoms with Gasteiger partial charge in [-0.25, -0.2) is 0 Å². The first-order valence-corrected chi connectivity index (χ1v) is 10.4. The van der Waals surface area contributed by atoms with Gasteiger partial charge in [0, 0.05) is 36.1 Å². The summed E-state index contributed by atoms with van der Waals surface area (Å²) in [5, 5.41) is 8.44. The zero-order chi connectivity index (χ0) is 19.2. The minimum Gasteiger partial charge on any atom is -0.378 e. The van der Waals surface area contributed by atoms with Crippen LogP contribution in [0.1, 0.15) is 48.0 Å². The number of halogens is 3. The molecular formula is C20H19F3N4S. The summed E-state index contributed by atoms with van der Waals surface area (Å²) in [6, 6.07) is 3.69. The van der Waals surface area contributed by atoms with Gasteiger partial charge in [-0.1, -0.05) is 0 Å². The van der Waals surface area contributed by atoms with E-state index in [2.05, 4.69) is 14.8 Å². The van der Waals surface area contributed by atoms with Crippen LogP contribution in [0.2, 0.25) is 0 Å². The van der Waals surface area contributed by atoms with E-state index in [9.17, 15) is 13.2 Å². The number of aryl methyl sites for hydroxylation is 1. The average Bonchev–Trinajstić information content (AvgIpc) is 3.42. The lowest BCUT2D eigenvalue weighted by molar-refractivity contribution is -0.142. The summed E-state index contributed by atoms with van der Waals surface area (Å²) in [6.45, 7) is 0. The van der Waals surface area contributed by atoms with Gasteiger partial charge in [-0.05, 0) is 72.2 Å². The molecule has 0 spiro atoms. The molecule has 28 heavy (non-hydrogen) atoms. The molecule has 2 saturated carbocycles. The van der Waals surface area contributed by atoms with Gasteiger partial charge >= 0.3 is 6.18 Å². The molecule has 0 amide bonds. The Bertz CT molecular complexity index is 1080. The minimum atomic E-state index is -4.45. The van der Waals surface area contributed by atoms with E-state index in [1.54, 1.807) is 13.2 Å². The van der Waals surface area contributed by atoms with E-state index < -0.39 is 11.9 Å². The highest BCUT2D eigenvalue weighted by Gasteiger charge is 2.55. The molecule has 1 aliphatic heterocycles. The van der Waals surface area contributed by atoms with Gasteiger partial charge in [-0.3, -0.25) is 4.68 Å². The lowest BCUT2D eigenvalue weighted by Crippen LogP contribution is -2.36. The van der Waals surface area contributed by atoms with Crippen molar-refractivity contribution in [3.8, 4) is 0 Å². The van der Waals surface area contributed by atoms with Gasteiger partial charge in [-0.15, -0.1) is 0 Å². The summed E-state index contributed by atoms with van der Waals surface area (Å²) < 4.78 is 47.9. The molecule has 8 heteroatoms. The molecule has 5 atom stereocenters. The molecule has 3 aliphatic rings. The molecule has 2 unspecified atom stereocenters. The van der Waals surface area contributed by atoms with Gasteiger partial charge in [-0.2, -0.15) is 22.6 Å². The van der Waals surface area contributed by atoms with Crippen LogP contribution in [0.25, 0.3) is 10.1 Å². The van der Waals surface area contributed by atoms with E-state index in [1.165, 1.54) is 33.6 Å². The fourth-order valence-corrected chi connectivity index (χ4v) is 6.86. The topological polar surface area (TPSA) is 42.7 Å². The van der Waals surface area contributed by atoms with Crippen LogP contribution in [0, 0.1) is 17.8 Å². The van der Waals surface area contributed by atoms with Crippen LogP contribution in [0.4, 0.5) is 18.9 Å². The molecule has 146 valence electrons. The van der Waals surface area contributed by atoms with E-state index in [4.69, 9.17) is 0 Å². The second kappa shape index (κ2) is 5.49. The third-order valence-corrected chi connectivity index (χ3v) is 7.81. The van der Waals surface area contributed by atoms with Gasteiger partial charge in [0.2, 0.25) is 0 Å². The normalized spacial score (nSPS) is 31.1. The largest absolute Gasteiger partial charge is 0.435 e. The van der Waals surface area contributed by atoms with Crippen molar-refractivity contribution in [2.24, 2.45) is 24.8 Å². The molecular weight excluding hydrogens is 385 g/mol. The Balaban J connectivity index is 1.56. The first-order chi connectivity index (χ1) is 13.4. The van der Waals surface area contributed by atoms with Crippen LogP contribution < -0.4 is 5.32 Å². The molecule has 6 rings (SSSR count). The molecule has 2 aromatic heterocycles. The van der Waals surface area contributed by atoms with E-state index in [1.807, 2.05) is 18.3 Å². The van der Waals surface area contributed by atoms with E-state index in [0.29, 0.717) is 17.8 Å². The van der Waals surface area contributed by atoms with Gasteiger partial charge in [0.15, 0.2) is 5.69 Å². The Kier molecular flexibility index (Phi) is 3.30. The summed E-state index contributed by atoms with van der Waals surface area (Å²) in [6.07, 6.45) is 2.42. The van der Waals surface area contributed by atoms with Crippen LogP contribution in [-0.2, 0) is 13.2 Å². The first kappa shape index (κ1) is 16.8. The number of anilines is 1. The molecule has 0 radical (unpaired) electrons. The number of fused-ring (bicyclic) bond motifs is 9. The number of hydrogen-bond acceptors (Lipinski definition) is 4. The Morgan fingerprint density at radius 1 is 1.21 bits per heavy atom.